The summed E-state index contributed by atoms with van der Waals surface area (Å²) in [5.41, 5.74) is 10.2. The Hall–Kier alpha value is -3.46. The predicted octanol–water partition coefficient (Wildman–Crippen LogP) is 6.76. The average molecular weight is 433 g/mol. The van der Waals surface area contributed by atoms with Crippen molar-refractivity contribution in [2.24, 2.45) is 13.0 Å². The molecule has 3 nitrogen and oxygen atoms in total. The lowest BCUT2D eigenvalue weighted by molar-refractivity contribution is -0.633. The summed E-state index contributed by atoms with van der Waals surface area (Å²) in [6, 6.07) is 20.1. The van der Waals surface area contributed by atoms with Gasteiger partial charge in [-0.1, -0.05) is 50.2 Å². The second-order valence-corrected chi connectivity index (χ2v) is 10.0. The number of aryl methyl sites for hydroxylation is 2. The molecule has 0 saturated carbocycles. The van der Waals surface area contributed by atoms with E-state index < -0.39 is 0 Å². The molecule has 5 aromatic rings. The summed E-state index contributed by atoms with van der Waals surface area (Å²) in [5.74, 6) is 1.77. The molecule has 6 rings (SSSR count). The minimum atomic E-state index is 0.632. The SMILES string of the molecule is CC1=Cn2c(nc3c4ccccc4c(C)c(-c4ccc5c(CC(C)C)cccc5[n+]4C)c32)C1. The smallest absolute Gasteiger partial charge is 0.215 e. The highest BCUT2D eigenvalue weighted by atomic mass is 15.1. The number of rotatable bonds is 3. The van der Waals surface area contributed by atoms with Crippen LogP contribution < -0.4 is 4.57 Å². The van der Waals surface area contributed by atoms with Crippen LogP contribution in [0.5, 0.6) is 0 Å². The number of aromatic nitrogens is 3. The summed E-state index contributed by atoms with van der Waals surface area (Å²) in [5, 5.41) is 3.87. The third-order valence-corrected chi connectivity index (χ3v) is 7.16. The summed E-state index contributed by atoms with van der Waals surface area (Å²) in [6.45, 7) is 9.04. The summed E-state index contributed by atoms with van der Waals surface area (Å²) < 4.78 is 4.71. The zero-order chi connectivity index (χ0) is 22.9. The minimum Gasteiger partial charge on any atom is -0.302 e. The fourth-order valence-corrected chi connectivity index (χ4v) is 5.68. The number of allylic oxidation sites excluding steroid dienone is 1. The van der Waals surface area contributed by atoms with Gasteiger partial charge in [0.1, 0.15) is 12.9 Å². The van der Waals surface area contributed by atoms with E-state index in [1.54, 1.807) is 0 Å². The largest absolute Gasteiger partial charge is 0.302 e. The Bertz CT molecular complexity index is 1620. The third-order valence-electron chi connectivity index (χ3n) is 7.16. The lowest BCUT2D eigenvalue weighted by Gasteiger charge is -2.14. The fraction of sp³-hybridized carbons (Fsp3) is 0.267. The zero-order valence-electron chi connectivity index (χ0n) is 20.1. The molecule has 3 aromatic carbocycles. The van der Waals surface area contributed by atoms with E-state index in [2.05, 4.69) is 105 Å². The highest BCUT2D eigenvalue weighted by Gasteiger charge is 2.27. The summed E-state index contributed by atoms with van der Waals surface area (Å²) in [6.07, 6.45) is 4.28. The fourth-order valence-electron chi connectivity index (χ4n) is 5.68. The first kappa shape index (κ1) is 20.2. The molecule has 2 aromatic heterocycles. The summed E-state index contributed by atoms with van der Waals surface area (Å²) in [7, 11) is 2.21. The highest BCUT2D eigenvalue weighted by molar-refractivity contribution is 6.13. The Labute approximate surface area is 195 Å². The maximum atomic E-state index is 5.14. The van der Waals surface area contributed by atoms with E-state index in [9.17, 15) is 0 Å². The van der Waals surface area contributed by atoms with E-state index in [4.69, 9.17) is 4.98 Å². The first-order chi connectivity index (χ1) is 15.9. The molecule has 33 heavy (non-hydrogen) atoms. The van der Waals surface area contributed by atoms with E-state index in [1.165, 1.54) is 55.1 Å². The van der Waals surface area contributed by atoms with Gasteiger partial charge in [-0.05, 0) is 54.3 Å². The topological polar surface area (TPSA) is 21.7 Å². The van der Waals surface area contributed by atoms with Gasteiger partial charge < -0.3 is 4.57 Å². The van der Waals surface area contributed by atoms with E-state index in [0.29, 0.717) is 5.92 Å². The molecular formula is C30H30N3+. The number of hydrogen-bond acceptors (Lipinski definition) is 1. The molecule has 164 valence electrons. The quantitative estimate of drug-likeness (QED) is 0.289. The van der Waals surface area contributed by atoms with Crippen LogP contribution >= 0.6 is 0 Å². The maximum Gasteiger partial charge on any atom is 0.215 e. The third kappa shape index (κ3) is 2.95. The Kier molecular flexibility index (Phi) is 4.45. The lowest BCUT2D eigenvalue weighted by atomic mass is 9.94. The van der Waals surface area contributed by atoms with Crippen LogP contribution in [0.15, 0.2) is 60.2 Å². The van der Waals surface area contributed by atoms with Crippen molar-refractivity contribution in [1.29, 1.82) is 0 Å². The second-order valence-electron chi connectivity index (χ2n) is 10.0. The molecule has 0 aliphatic carbocycles. The first-order valence-corrected chi connectivity index (χ1v) is 11.9. The van der Waals surface area contributed by atoms with E-state index in [-0.39, 0.29) is 0 Å². The monoisotopic (exact) mass is 432 g/mol. The Morgan fingerprint density at radius 2 is 1.73 bits per heavy atom. The van der Waals surface area contributed by atoms with Gasteiger partial charge in [0.15, 0.2) is 0 Å². The molecule has 1 aliphatic rings. The Morgan fingerprint density at radius 3 is 2.52 bits per heavy atom. The molecule has 0 N–H and O–H groups in total. The second kappa shape index (κ2) is 7.28. The van der Waals surface area contributed by atoms with Crippen LogP contribution in [-0.4, -0.2) is 9.55 Å². The van der Waals surface area contributed by atoms with Gasteiger partial charge in [-0.15, -0.1) is 0 Å². The van der Waals surface area contributed by atoms with E-state index >= 15 is 0 Å². The van der Waals surface area contributed by atoms with Crippen LogP contribution in [0.25, 0.3) is 50.2 Å². The maximum absolute atomic E-state index is 5.14. The molecule has 0 unspecified atom stereocenters. The molecule has 0 atom stereocenters. The van der Waals surface area contributed by atoms with Crippen molar-refractivity contribution < 1.29 is 4.57 Å². The van der Waals surface area contributed by atoms with Crippen molar-refractivity contribution in [3.05, 3.63) is 77.1 Å². The van der Waals surface area contributed by atoms with E-state index in [0.717, 1.165) is 24.2 Å². The van der Waals surface area contributed by atoms with Crippen LogP contribution in [0, 0.1) is 12.8 Å². The summed E-state index contributed by atoms with van der Waals surface area (Å²) >= 11 is 0. The first-order valence-electron chi connectivity index (χ1n) is 11.9. The molecule has 0 spiro atoms. The number of pyridine rings is 1. The predicted molar refractivity (Wildman–Crippen MR) is 138 cm³/mol. The molecule has 3 heteroatoms. The van der Waals surface area contributed by atoms with Gasteiger partial charge in [0.2, 0.25) is 11.2 Å². The Balaban J connectivity index is 1.73. The standard InChI is InChI=1S/C30H30N3/c1-18(2)15-21-9-8-12-25-23(21)13-14-26(32(25)5)28-20(4)22-10-6-7-11-24(22)29-30(28)33-17-19(3)16-27(33)31-29/h6-14,17-18H,15-16H2,1-5H3/q+1. The van der Waals surface area contributed by atoms with Gasteiger partial charge in [-0.3, -0.25) is 0 Å². The molecule has 1 aliphatic heterocycles. The molecular weight excluding hydrogens is 402 g/mol. The van der Waals surface area contributed by atoms with Crippen molar-refractivity contribution in [2.45, 2.75) is 40.5 Å². The van der Waals surface area contributed by atoms with Crippen molar-refractivity contribution >= 4 is 38.9 Å². The Morgan fingerprint density at radius 1 is 0.939 bits per heavy atom. The van der Waals surface area contributed by atoms with Crippen molar-refractivity contribution in [3.8, 4) is 11.3 Å². The normalized spacial score (nSPS) is 13.5. The van der Waals surface area contributed by atoms with Crippen LogP contribution in [0.1, 0.15) is 37.7 Å². The molecule has 0 radical (unpaired) electrons. The lowest BCUT2D eigenvalue weighted by Crippen LogP contribution is -2.32. The molecule has 0 bridgehead atoms. The molecule has 3 heterocycles. The van der Waals surface area contributed by atoms with Crippen LogP contribution in [0.2, 0.25) is 0 Å². The van der Waals surface area contributed by atoms with Gasteiger partial charge in [-0.2, -0.15) is 4.57 Å². The number of hydrogen-bond donors (Lipinski definition) is 0. The average Bonchev–Trinajstić information content (AvgIpc) is 3.32. The van der Waals surface area contributed by atoms with Gasteiger partial charge >= 0.3 is 0 Å². The molecule has 0 amide bonds. The number of benzene rings is 3. The van der Waals surface area contributed by atoms with Gasteiger partial charge in [-0.25, -0.2) is 4.98 Å². The molecule has 0 fully saturated rings. The van der Waals surface area contributed by atoms with E-state index in [1.807, 2.05) is 0 Å². The van der Waals surface area contributed by atoms with Gasteiger partial charge in [0.05, 0.1) is 16.6 Å². The zero-order valence-corrected chi connectivity index (χ0v) is 20.1. The number of imidazole rings is 1. The van der Waals surface area contributed by atoms with Crippen LogP contribution in [0.3, 0.4) is 0 Å². The van der Waals surface area contributed by atoms with Crippen LogP contribution in [-0.2, 0) is 19.9 Å². The highest BCUT2D eigenvalue weighted by Crippen LogP contribution is 2.40. The summed E-state index contributed by atoms with van der Waals surface area (Å²) in [4.78, 5) is 5.14. The van der Waals surface area contributed by atoms with Crippen molar-refractivity contribution in [3.63, 3.8) is 0 Å². The van der Waals surface area contributed by atoms with Crippen LogP contribution in [0.4, 0.5) is 0 Å². The van der Waals surface area contributed by atoms with Crippen molar-refractivity contribution in [2.75, 3.05) is 0 Å². The number of nitrogens with zero attached hydrogens (tertiary/aromatic N) is 3. The minimum absolute atomic E-state index is 0.632. The van der Waals surface area contributed by atoms with Gasteiger partial charge in [0.25, 0.3) is 0 Å². The van der Waals surface area contributed by atoms with Gasteiger partial charge in [0, 0.05) is 35.5 Å². The number of fused-ring (bicyclic) bond motifs is 6. The van der Waals surface area contributed by atoms with Crippen molar-refractivity contribution in [1.82, 2.24) is 9.55 Å². The molecule has 0 saturated heterocycles.